The number of nitrogens with zero attached hydrogens (tertiary/aromatic N) is 2. The molecule has 0 heterocycles. The van der Waals surface area contributed by atoms with Gasteiger partial charge in [-0.15, -0.1) is 0 Å². The lowest BCUT2D eigenvalue weighted by atomic mass is 10.1. The normalized spacial score (nSPS) is 15.6. The van der Waals surface area contributed by atoms with Crippen LogP contribution in [0.3, 0.4) is 0 Å². The van der Waals surface area contributed by atoms with Crippen LogP contribution >= 0.6 is 0 Å². The van der Waals surface area contributed by atoms with Crippen molar-refractivity contribution in [1.82, 2.24) is 0 Å². The van der Waals surface area contributed by atoms with Crippen molar-refractivity contribution in [2.24, 2.45) is 11.7 Å². The second-order valence-electron chi connectivity index (χ2n) is 4.99. The first kappa shape index (κ1) is 13.6. The van der Waals surface area contributed by atoms with Crippen LogP contribution in [0.4, 0.5) is 5.69 Å². The van der Waals surface area contributed by atoms with Crippen molar-refractivity contribution in [3.8, 4) is 6.07 Å². The van der Waals surface area contributed by atoms with Gasteiger partial charge in [0.15, 0.2) is 0 Å². The fourth-order valence-corrected chi connectivity index (χ4v) is 2.17. The Bertz CT molecular complexity index is 462. The molecular weight excluding hydrogens is 238 g/mol. The molecule has 0 aromatic heterocycles. The molecule has 1 amide bonds. The number of benzene rings is 1. The van der Waals surface area contributed by atoms with E-state index < -0.39 is 0 Å². The maximum Gasteiger partial charge on any atom is 0.228 e. The van der Waals surface area contributed by atoms with E-state index in [1.54, 1.807) is 4.90 Å². The standard InChI is InChI=1S/C15H19N3O/c16-9-4-10-18(13-5-2-1-3-6-13)15(19)11-14(17)12-7-8-12/h1-3,5-6,12,14H,4,7-8,10-11,17H2. The highest BCUT2D eigenvalue weighted by Gasteiger charge is 2.31. The van der Waals surface area contributed by atoms with E-state index in [9.17, 15) is 4.79 Å². The molecule has 1 aromatic carbocycles. The molecule has 4 nitrogen and oxygen atoms in total. The predicted molar refractivity (Wildman–Crippen MR) is 74.3 cm³/mol. The van der Waals surface area contributed by atoms with Crippen molar-refractivity contribution in [3.05, 3.63) is 30.3 Å². The Labute approximate surface area is 113 Å². The minimum atomic E-state index is -0.0409. The fourth-order valence-electron chi connectivity index (χ4n) is 2.17. The van der Waals surface area contributed by atoms with Crippen LogP contribution in [0.2, 0.25) is 0 Å². The monoisotopic (exact) mass is 257 g/mol. The van der Waals surface area contributed by atoms with Gasteiger partial charge >= 0.3 is 0 Å². The van der Waals surface area contributed by atoms with Crippen LogP contribution < -0.4 is 10.6 Å². The summed E-state index contributed by atoms with van der Waals surface area (Å²) in [5.74, 6) is 0.526. The molecule has 1 fully saturated rings. The number of nitriles is 1. The summed E-state index contributed by atoms with van der Waals surface area (Å²) in [4.78, 5) is 14.0. The molecule has 100 valence electrons. The average Bonchev–Trinajstić information content (AvgIpc) is 3.24. The molecule has 1 aliphatic rings. The summed E-state index contributed by atoms with van der Waals surface area (Å²) >= 11 is 0. The Hall–Kier alpha value is -1.86. The lowest BCUT2D eigenvalue weighted by Gasteiger charge is -2.23. The van der Waals surface area contributed by atoms with Crippen LogP contribution in [0.1, 0.15) is 25.7 Å². The molecule has 4 heteroatoms. The quantitative estimate of drug-likeness (QED) is 0.848. The maximum absolute atomic E-state index is 12.3. The zero-order valence-corrected chi connectivity index (χ0v) is 11.0. The van der Waals surface area contributed by atoms with Crippen molar-refractivity contribution < 1.29 is 4.79 Å². The van der Waals surface area contributed by atoms with Crippen molar-refractivity contribution in [2.75, 3.05) is 11.4 Å². The molecule has 1 atom stereocenters. The van der Waals surface area contributed by atoms with Crippen molar-refractivity contribution in [3.63, 3.8) is 0 Å². The molecule has 0 spiro atoms. The van der Waals surface area contributed by atoms with E-state index >= 15 is 0 Å². The molecular formula is C15H19N3O. The minimum Gasteiger partial charge on any atom is -0.327 e. The van der Waals surface area contributed by atoms with E-state index in [1.807, 2.05) is 30.3 Å². The molecule has 0 bridgehead atoms. The summed E-state index contributed by atoms with van der Waals surface area (Å²) in [6.45, 7) is 0.427. The predicted octanol–water partition coefficient (Wildman–Crippen LogP) is 2.06. The van der Waals surface area contributed by atoms with Crippen LogP contribution in [0.25, 0.3) is 0 Å². The van der Waals surface area contributed by atoms with E-state index in [0.29, 0.717) is 25.3 Å². The molecule has 19 heavy (non-hydrogen) atoms. The third kappa shape index (κ3) is 3.80. The molecule has 2 rings (SSSR count). The number of carbonyl (C=O) groups excluding carboxylic acids is 1. The number of carbonyl (C=O) groups is 1. The summed E-state index contributed by atoms with van der Waals surface area (Å²) in [5.41, 5.74) is 6.85. The second-order valence-corrected chi connectivity index (χ2v) is 4.99. The average molecular weight is 257 g/mol. The van der Waals surface area contributed by atoms with Gasteiger partial charge in [0.2, 0.25) is 5.91 Å². The number of hydrogen-bond acceptors (Lipinski definition) is 3. The highest BCUT2D eigenvalue weighted by atomic mass is 16.2. The summed E-state index contributed by atoms with van der Waals surface area (Å²) in [5, 5.41) is 8.71. The molecule has 0 saturated heterocycles. The van der Waals surface area contributed by atoms with Gasteiger partial charge in [0.25, 0.3) is 0 Å². The number of anilines is 1. The van der Waals surface area contributed by atoms with E-state index in [2.05, 4.69) is 6.07 Å². The Balaban J connectivity index is 2.04. The summed E-state index contributed by atoms with van der Waals surface area (Å²) in [6.07, 6.45) is 2.97. The molecule has 0 radical (unpaired) electrons. The van der Waals surface area contributed by atoms with Gasteiger partial charge in [-0.1, -0.05) is 18.2 Å². The van der Waals surface area contributed by atoms with Gasteiger partial charge in [-0.2, -0.15) is 5.26 Å². The molecule has 1 aliphatic carbocycles. The first-order chi connectivity index (χ1) is 9.22. The van der Waals surface area contributed by atoms with Crippen LogP contribution in [-0.4, -0.2) is 18.5 Å². The number of rotatable bonds is 6. The van der Waals surface area contributed by atoms with Crippen molar-refractivity contribution in [2.45, 2.75) is 31.7 Å². The highest BCUT2D eigenvalue weighted by molar-refractivity contribution is 5.93. The highest BCUT2D eigenvalue weighted by Crippen LogP contribution is 2.33. The first-order valence-corrected chi connectivity index (χ1v) is 6.70. The molecule has 1 unspecified atom stereocenters. The van der Waals surface area contributed by atoms with Crippen LogP contribution in [-0.2, 0) is 4.79 Å². The zero-order chi connectivity index (χ0) is 13.7. The zero-order valence-electron chi connectivity index (χ0n) is 11.0. The van der Waals surface area contributed by atoms with E-state index in [-0.39, 0.29) is 11.9 Å². The third-order valence-electron chi connectivity index (χ3n) is 3.45. The second kappa shape index (κ2) is 6.35. The molecule has 0 aliphatic heterocycles. The van der Waals surface area contributed by atoms with Crippen molar-refractivity contribution >= 4 is 11.6 Å². The van der Waals surface area contributed by atoms with Crippen LogP contribution in [0, 0.1) is 17.2 Å². The molecule has 2 N–H and O–H groups in total. The Morgan fingerprint density at radius 3 is 2.68 bits per heavy atom. The summed E-state index contributed by atoms with van der Waals surface area (Å²) < 4.78 is 0. The van der Waals surface area contributed by atoms with Gasteiger partial charge in [0.1, 0.15) is 0 Å². The SMILES string of the molecule is N#CCCN(C(=O)CC(N)C1CC1)c1ccccc1. The fraction of sp³-hybridized carbons (Fsp3) is 0.467. The van der Waals surface area contributed by atoms with Gasteiger partial charge in [-0.05, 0) is 30.9 Å². The van der Waals surface area contributed by atoms with Gasteiger partial charge in [0.05, 0.1) is 12.5 Å². The molecule has 1 saturated carbocycles. The lowest BCUT2D eigenvalue weighted by molar-refractivity contribution is -0.119. The largest absolute Gasteiger partial charge is 0.327 e. The van der Waals surface area contributed by atoms with Gasteiger partial charge in [-0.3, -0.25) is 4.79 Å². The van der Waals surface area contributed by atoms with Crippen LogP contribution in [0.15, 0.2) is 30.3 Å². The first-order valence-electron chi connectivity index (χ1n) is 6.70. The summed E-state index contributed by atoms with van der Waals surface area (Å²) in [7, 11) is 0. The van der Waals surface area contributed by atoms with E-state index in [0.717, 1.165) is 18.5 Å². The van der Waals surface area contributed by atoms with Gasteiger partial charge in [-0.25, -0.2) is 0 Å². The number of amides is 1. The van der Waals surface area contributed by atoms with Gasteiger partial charge < -0.3 is 10.6 Å². The Morgan fingerprint density at radius 1 is 1.42 bits per heavy atom. The number of hydrogen-bond donors (Lipinski definition) is 1. The van der Waals surface area contributed by atoms with E-state index in [1.165, 1.54) is 0 Å². The van der Waals surface area contributed by atoms with Crippen molar-refractivity contribution in [1.29, 1.82) is 5.26 Å². The number of nitrogens with two attached hydrogens (primary N) is 1. The third-order valence-corrected chi connectivity index (χ3v) is 3.45. The minimum absolute atomic E-state index is 0.0147. The van der Waals surface area contributed by atoms with E-state index in [4.69, 9.17) is 11.0 Å². The smallest absolute Gasteiger partial charge is 0.228 e. The summed E-state index contributed by atoms with van der Waals surface area (Å²) in [6, 6.07) is 11.5. The lowest BCUT2D eigenvalue weighted by Crippen LogP contribution is -2.37. The topological polar surface area (TPSA) is 70.1 Å². The van der Waals surface area contributed by atoms with Gasteiger partial charge in [0, 0.05) is 24.7 Å². The molecule has 1 aromatic rings. The van der Waals surface area contributed by atoms with Crippen LogP contribution in [0.5, 0.6) is 0 Å². The number of para-hydroxylation sites is 1. The Kier molecular flexibility index (Phi) is 4.53. The maximum atomic E-state index is 12.3. The Morgan fingerprint density at radius 2 is 2.11 bits per heavy atom.